The predicted molar refractivity (Wildman–Crippen MR) is 77.0 cm³/mol. The fourth-order valence-corrected chi connectivity index (χ4v) is 3.58. The van der Waals surface area contributed by atoms with Gasteiger partial charge in [-0.05, 0) is 44.7 Å². The standard InChI is InChI=1S/C15H23NOS/c1-10-6-4-5-7-13(10)16-15(17)12(3)14-9-8-11(2)18-14/h8-10,12-13H,4-7H2,1-3H3,(H,16,17). The van der Waals surface area contributed by atoms with Crippen molar-refractivity contribution in [2.24, 2.45) is 5.92 Å². The number of aryl methyl sites for hydroxylation is 1. The van der Waals surface area contributed by atoms with E-state index >= 15 is 0 Å². The molecule has 2 nitrogen and oxygen atoms in total. The minimum absolute atomic E-state index is 0.0159. The molecule has 3 unspecified atom stereocenters. The summed E-state index contributed by atoms with van der Waals surface area (Å²) in [6.07, 6.45) is 4.95. The second-order valence-electron chi connectivity index (χ2n) is 5.55. The summed E-state index contributed by atoms with van der Waals surface area (Å²) in [4.78, 5) is 14.7. The Hall–Kier alpha value is -0.830. The Balaban J connectivity index is 1.94. The quantitative estimate of drug-likeness (QED) is 0.883. The Bertz CT molecular complexity index is 412. The van der Waals surface area contributed by atoms with E-state index in [1.54, 1.807) is 11.3 Å². The van der Waals surface area contributed by atoms with E-state index in [0.717, 1.165) is 6.42 Å². The van der Waals surface area contributed by atoms with Gasteiger partial charge in [0.1, 0.15) is 0 Å². The summed E-state index contributed by atoms with van der Waals surface area (Å²) in [6, 6.07) is 4.55. The number of thiophene rings is 1. The van der Waals surface area contributed by atoms with Crippen molar-refractivity contribution in [2.45, 2.75) is 58.4 Å². The first-order valence-electron chi connectivity index (χ1n) is 6.94. The van der Waals surface area contributed by atoms with E-state index in [1.165, 1.54) is 29.0 Å². The molecule has 0 aromatic carbocycles. The van der Waals surface area contributed by atoms with Gasteiger partial charge in [-0.2, -0.15) is 0 Å². The predicted octanol–water partition coefficient (Wildman–Crippen LogP) is 3.85. The van der Waals surface area contributed by atoms with Gasteiger partial charge in [0.25, 0.3) is 0 Å². The Morgan fingerprint density at radius 3 is 2.72 bits per heavy atom. The number of rotatable bonds is 3. The first-order chi connectivity index (χ1) is 8.58. The van der Waals surface area contributed by atoms with Crippen LogP contribution in [0.25, 0.3) is 0 Å². The highest BCUT2D eigenvalue weighted by atomic mass is 32.1. The SMILES string of the molecule is Cc1ccc(C(C)C(=O)NC2CCCCC2C)s1. The summed E-state index contributed by atoms with van der Waals surface area (Å²) in [5.74, 6) is 0.799. The largest absolute Gasteiger partial charge is 0.353 e. The minimum atomic E-state index is -0.0159. The Labute approximate surface area is 114 Å². The molecule has 2 rings (SSSR count). The highest BCUT2D eigenvalue weighted by Gasteiger charge is 2.25. The van der Waals surface area contributed by atoms with Gasteiger partial charge in [0, 0.05) is 15.8 Å². The van der Waals surface area contributed by atoms with Crippen LogP contribution in [0.3, 0.4) is 0 Å². The Morgan fingerprint density at radius 2 is 2.11 bits per heavy atom. The normalized spacial score (nSPS) is 25.7. The molecule has 18 heavy (non-hydrogen) atoms. The highest BCUT2D eigenvalue weighted by molar-refractivity contribution is 7.12. The molecule has 1 aromatic rings. The number of carbonyl (C=O) groups excluding carboxylic acids is 1. The monoisotopic (exact) mass is 265 g/mol. The molecule has 0 aliphatic heterocycles. The van der Waals surface area contributed by atoms with Crippen molar-refractivity contribution in [3.05, 3.63) is 21.9 Å². The third kappa shape index (κ3) is 3.14. The number of nitrogens with one attached hydrogen (secondary N) is 1. The summed E-state index contributed by atoms with van der Waals surface area (Å²) in [5.41, 5.74) is 0. The Kier molecular flexibility index (Phi) is 4.44. The molecule has 1 aromatic heterocycles. The lowest BCUT2D eigenvalue weighted by Crippen LogP contribution is -2.42. The number of carbonyl (C=O) groups is 1. The van der Waals surface area contributed by atoms with E-state index in [9.17, 15) is 4.79 Å². The fourth-order valence-electron chi connectivity index (χ4n) is 2.65. The van der Waals surface area contributed by atoms with Gasteiger partial charge in [-0.25, -0.2) is 0 Å². The smallest absolute Gasteiger partial charge is 0.228 e. The minimum Gasteiger partial charge on any atom is -0.353 e. The molecule has 0 radical (unpaired) electrons. The van der Waals surface area contributed by atoms with Gasteiger partial charge >= 0.3 is 0 Å². The maximum atomic E-state index is 12.3. The molecule has 1 N–H and O–H groups in total. The molecule has 0 spiro atoms. The maximum absolute atomic E-state index is 12.3. The molecule has 3 heteroatoms. The highest BCUT2D eigenvalue weighted by Crippen LogP contribution is 2.27. The zero-order chi connectivity index (χ0) is 13.1. The van der Waals surface area contributed by atoms with Crippen molar-refractivity contribution in [3.63, 3.8) is 0 Å². The molecule has 1 heterocycles. The van der Waals surface area contributed by atoms with Gasteiger partial charge in [-0.15, -0.1) is 11.3 Å². The third-order valence-corrected chi connectivity index (χ3v) is 5.20. The molecule has 1 amide bonds. The molecular weight excluding hydrogens is 242 g/mol. The summed E-state index contributed by atoms with van der Waals surface area (Å²) in [7, 11) is 0. The average Bonchev–Trinajstić information content (AvgIpc) is 2.78. The molecule has 0 saturated heterocycles. The summed E-state index contributed by atoms with van der Waals surface area (Å²) in [6.45, 7) is 6.35. The lowest BCUT2D eigenvalue weighted by atomic mass is 9.85. The van der Waals surface area contributed by atoms with E-state index in [1.807, 2.05) is 6.92 Å². The summed E-state index contributed by atoms with van der Waals surface area (Å²) >= 11 is 1.73. The molecule has 1 aliphatic carbocycles. The first-order valence-corrected chi connectivity index (χ1v) is 7.76. The van der Waals surface area contributed by atoms with Gasteiger partial charge in [0.05, 0.1) is 5.92 Å². The maximum Gasteiger partial charge on any atom is 0.228 e. The second kappa shape index (κ2) is 5.87. The molecule has 3 atom stereocenters. The van der Waals surface area contributed by atoms with Crippen LogP contribution in [0, 0.1) is 12.8 Å². The van der Waals surface area contributed by atoms with Crippen LogP contribution in [0.2, 0.25) is 0 Å². The van der Waals surface area contributed by atoms with Crippen molar-refractivity contribution in [3.8, 4) is 0 Å². The Morgan fingerprint density at radius 1 is 1.39 bits per heavy atom. The van der Waals surface area contributed by atoms with Crippen LogP contribution in [-0.2, 0) is 4.79 Å². The topological polar surface area (TPSA) is 29.1 Å². The zero-order valence-corrected chi connectivity index (χ0v) is 12.3. The van der Waals surface area contributed by atoms with Crippen LogP contribution in [-0.4, -0.2) is 11.9 Å². The molecule has 1 aliphatic rings. The van der Waals surface area contributed by atoms with E-state index < -0.39 is 0 Å². The van der Waals surface area contributed by atoms with E-state index in [-0.39, 0.29) is 11.8 Å². The molecular formula is C15H23NOS. The van der Waals surface area contributed by atoms with Crippen LogP contribution in [0.5, 0.6) is 0 Å². The summed E-state index contributed by atoms with van der Waals surface area (Å²) < 4.78 is 0. The van der Waals surface area contributed by atoms with Crippen LogP contribution in [0.1, 0.15) is 55.2 Å². The van der Waals surface area contributed by atoms with Crippen LogP contribution in [0.15, 0.2) is 12.1 Å². The number of hydrogen-bond acceptors (Lipinski definition) is 2. The van der Waals surface area contributed by atoms with Crippen molar-refractivity contribution in [2.75, 3.05) is 0 Å². The molecule has 1 fully saturated rings. The van der Waals surface area contributed by atoms with Gasteiger partial charge in [0.2, 0.25) is 5.91 Å². The van der Waals surface area contributed by atoms with E-state index in [2.05, 4.69) is 31.3 Å². The van der Waals surface area contributed by atoms with Gasteiger partial charge in [-0.1, -0.05) is 19.8 Å². The lowest BCUT2D eigenvalue weighted by Gasteiger charge is -2.30. The molecule has 100 valence electrons. The van der Waals surface area contributed by atoms with Crippen molar-refractivity contribution in [1.82, 2.24) is 5.32 Å². The number of amides is 1. The van der Waals surface area contributed by atoms with E-state index in [0.29, 0.717) is 12.0 Å². The lowest BCUT2D eigenvalue weighted by molar-refractivity contribution is -0.123. The van der Waals surface area contributed by atoms with E-state index in [4.69, 9.17) is 0 Å². The first kappa shape index (κ1) is 13.6. The van der Waals surface area contributed by atoms with Gasteiger partial charge in [-0.3, -0.25) is 4.79 Å². The third-order valence-electron chi connectivity index (χ3n) is 4.02. The zero-order valence-electron chi connectivity index (χ0n) is 11.5. The second-order valence-corrected chi connectivity index (χ2v) is 6.87. The van der Waals surface area contributed by atoms with Crippen molar-refractivity contribution >= 4 is 17.2 Å². The van der Waals surface area contributed by atoms with Crippen LogP contribution in [0.4, 0.5) is 0 Å². The fraction of sp³-hybridized carbons (Fsp3) is 0.667. The van der Waals surface area contributed by atoms with Gasteiger partial charge < -0.3 is 5.32 Å². The van der Waals surface area contributed by atoms with Crippen molar-refractivity contribution < 1.29 is 4.79 Å². The number of hydrogen-bond donors (Lipinski definition) is 1. The van der Waals surface area contributed by atoms with Crippen LogP contribution < -0.4 is 5.32 Å². The molecule has 1 saturated carbocycles. The average molecular weight is 265 g/mol. The summed E-state index contributed by atoms with van der Waals surface area (Å²) in [5, 5.41) is 3.24. The van der Waals surface area contributed by atoms with Crippen LogP contribution >= 0.6 is 11.3 Å². The molecule has 0 bridgehead atoms. The van der Waals surface area contributed by atoms with Crippen molar-refractivity contribution in [1.29, 1.82) is 0 Å². The van der Waals surface area contributed by atoms with Gasteiger partial charge in [0.15, 0.2) is 0 Å².